The van der Waals surface area contributed by atoms with Crippen LogP contribution in [-0.4, -0.2) is 13.4 Å². The first-order valence-electron chi connectivity index (χ1n) is 3.93. The van der Waals surface area contributed by atoms with E-state index in [1.807, 2.05) is 24.3 Å². The van der Waals surface area contributed by atoms with E-state index in [-0.39, 0.29) is 0 Å². The molecular weight excluding hydrogens is 202 g/mol. The van der Waals surface area contributed by atoms with Gasteiger partial charge < -0.3 is 4.98 Å². The molecule has 0 aliphatic rings. The largest absolute Gasteiger partial charge is 0.341 e. The molecule has 0 radical (unpaired) electrons. The van der Waals surface area contributed by atoms with Crippen LogP contribution in [0.3, 0.4) is 0 Å². The number of rotatable bonds is 2. The lowest BCUT2D eigenvalue weighted by Crippen LogP contribution is -2.21. The fourth-order valence-corrected chi connectivity index (χ4v) is 1.70. The van der Waals surface area contributed by atoms with Crippen LogP contribution >= 0.6 is 0 Å². The summed E-state index contributed by atoms with van der Waals surface area (Å²) in [4.78, 5) is 2.88. The number of H-pyrrole nitrogens is 1. The average molecular weight is 211 g/mol. The molecule has 0 aliphatic heterocycles. The predicted octanol–water partition coefficient (Wildman–Crippen LogP) is 0.783. The maximum absolute atomic E-state index is 10.7. The van der Waals surface area contributed by atoms with Crippen LogP contribution in [0.5, 0.6) is 0 Å². The van der Waals surface area contributed by atoms with Crippen LogP contribution in [-0.2, 0) is 10.2 Å². The Kier molecular flexibility index (Phi) is 1.94. The van der Waals surface area contributed by atoms with Crippen molar-refractivity contribution in [3.05, 3.63) is 30.3 Å². The van der Waals surface area contributed by atoms with Crippen molar-refractivity contribution in [1.29, 1.82) is 0 Å². The fraction of sp³-hybridized carbons (Fsp3) is 0. The molecule has 6 heteroatoms. The van der Waals surface area contributed by atoms with E-state index in [9.17, 15) is 8.42 Å². The van der Waals surface area contributed by atoms with Crippen molar-refractivity contribution in [3.8, 4) is 0 Å². The van der Waals surface area contributed by atoms with Crippen molar-refractivity contribution in [3.63, 3.8) is 0 Å². The van der Waals surface area contributed by atoms with Gasteiger partial charge in [0.25, 0.3) is 10.2 Å². The lowest BCUT2D eigenvalue weighted by atomic mass is 10.3. The van der Waals surface area contributed by atoms with E-state index in [1.54, 1.807) is 6.07 Å². The summed E-state index contributed by atoms with van der Waals surface area (Å²) in [6.07, 6.45) is 0. The summed E-state index contributed by atoms with van der Waals surface area (Å²) in [7, 11) is -3.71. The molecule has 0 fully saturated rings. The Bertz CT molecular complexity index is 526. The molecule has 0 aliphatic carbocycles. The monoisotopic (exact) mass is 211 g/mol. The molecule has 0 unspecified atom stereocenters. The van der Waals surface area contributed by atoms with Gasteiger partial charge >= 0.3 is 0 Å². The Morgan fingerprint density at radius 2 is 2.00 bits per heavy atom. The molecule has 74 valence electrons. The SMILES string of the molecule is NS(=O)(=O)Nc1cc2ccccc2[nH]1. The first kappa shape index (κ1) is 9.04. The third-order valence-electron chi connectivity index (χ3n) is 1.78. The summed E-state index contributed by atoms with van der Waals surface area (Å²) in [5, 5.41) is 5.76. The molecule has 0 amide bonds. The van der Waals surface area contributed by atoms with Gasteiger partial charge in [-0.05, 0) is 12.1 Å². The van der Waals surface area contributed by atoms with Gasteiger partial charge in [0.2, 0.25) is 0 Å². The van der Waals surface area contributed by atoms with Crippen molar-refractivity contribution in [2.75, 3.05) is 4.72 Å². The summed E-state index contributed by atoms with van der Waals surface area (Å²) in [6.45, 7) is 0. The number of nitrogens with two attached hydrogens (primary N) is 1. The van der Waals surface area contributed by atoms with Crippen molar-refractivity contribution in [2.45, 2.75) is 0 Å². The molecular formula is C8H9N3O2S. The number of aromatic nitrogens is 1. The molecule has 1 heterocycles. The van der Waals surface area contributed by atoms with E-state index in [2.05, 4.69) is 9.71 Å². The first-order chi connectivity index (χ1) is 6.54. The van der Waals surface area contributed by atoms with Crippen LogP contribution in [0.2, 0.25) is 0 Å². The molecule has 5 nitrogen and oxygen atoms in total. The number of anilines is 1. The van der Waals surface area contributed by atoms with Crippen molar-refractivity contribution >= 4 is 26.9 Å². The molecule has 1 aromatic heterocycles. The third-order valence-corrected chi connectivity index (χ3v) is 2.29. The second-order valence-corrected chi connectivity index (χ2v) is 4.21. The van der Waals surface area contributed by atoms with Gasteiger partial charge in [-0.15, -0.1) is 0 Å². The van der Waals surface area contributed by atoms with E-state index in [4.69, 9.17) is 5.14 Å². The molecule has 1 aromatic carbocycles. The minimum Gasteiger partial charge on any atom is -0.341 e. The molecule has 4 N–H and O–H groups in total. The molecule has 14 heavy (non-hydrogen) atoms. The number of aromatic amines is 1. The normalized spacial score (nSPS) is 11.8. The van der Waals surface area contributed by atoms with Crippen molar-refractivity contribution < 1.29 is 8.42 Å². The van der Waals surface area contributed by atoms with E-state index < -0.39 is 10.2 Å². The Labute approximate surface area is 81.1 Å². The molecule has 0 atom stereocenters. The van der Waals surface area contributed by atoms with E-state index in [0.29, 0.717) is 5.82 Å². The van der Waals surface area contributed by atoms with E-state index in [0.717, 1.165) is 10.9 Å². The average Bonchev–Trinajstić information content (AvgIpc) is 2.42. The van der Waals surface area contributed by atoms with Gasteiger partial charge in [-0.2, -0.15) is 8.42 Å². The van der Waals surface area contributed by atoms with Gasteiger partial charge in [-0.1, -0.05) is 18.2 Å². The second-order valence-electron chi connectivity index (χ2n) is 2.92. The molecule has 2 aromatic rings. The van der Waals surface area contributed by atoms with Gasteiger partial charge in [0.05, 0.1) is 0 Å². The topological polar surface area (TPSA) is 88.0 Å². The number of hydrogen-bond acceptors (Lipinski definition) is 2. The summed E-state index contributed by atoms with van der Waals surface area (Å²) in [6, 6.07) is 9.14. The van der Waals surface area contributed by atoms with Crippen molar-refractivity contribution in [1.82, 2.24) is 4.98 Å². The Hall–Kier alpha value is -1.53. The van der Waals surface area contributed by atoms with E-state index in [1.165, 1.54) is 0 Å². The van der Waals surface area contributed by atoms with Gasteiger partial charge in [-0.3, -0.25) is 4.72 Å². The molecule has 2 rings (SSSR count). The minimum absolute atomic E-state index is 0.369. The smallest absolute Gasteiger partial charge is 0.297 e. The summed E-state index contributed by atoms with van der Waals surface area (Å²) < 4.78 is 23.6. The maximum Gasteiger partial charge on any atom is 0.297 e. The highest BCUT2D eigenvalue weighted by Crippen LogP contribution is 2.18. The highest BCUT2D eigenvalue weighted by Gasteiger charge is 2.04. The zero-order valence-corrected chi connectivity index (χ0v) is 8.01. The summed E-state index contributed by atoms with van der Waals surface area (Å²) in [5.74, 6) is 0.369. The number of benzene rings is 1. The van der Waals surface area contributed by atoms with Gasteiger partial charge in [0.1, 0.15) is 5.82 Å². The zero-order chi connectivity index (χ0) is 10.2. The molecule has 0 saturated heterocycles. The van der Waals surface area contributed by atoms with E-state index >= 15 is 0 Å². The Morgan fingerprint density at radius 3 is 2.64 bits per heavy atom. The maximum atomic E-state index is 10.7. The molecule has 0 bridgehead atoms. The summed E-state index contributed by atoms with van der Waals surface area (Å²) in [5.41, 5.74) is 0.860. The highest BCUT2D eigenvalue weighted by atomic mass is 32.2. The fourth-order valence-electron chi connectivity index (χ4n) is 1.28. The van der Waals surface area contributed by atoms with Crippen molar-refractivity contribution in [2.24, 2.45) is 5.14 Å². The first-order valence-corrected chi connectivity index (χ1v) is 5.47. The molecule has 0 spiro atoms. The van der Waals surface area contributed by atoms with Crippen LogP contribution < -0.4 is 9.86 Å². The van der Waals surface area contributed by atoms with Gasteiger partial charge in [-0.25, -0.2) is 5.14 Å². The van der Waals surface area contributed by atoms with Gasteiger partial charge in [0, 0.05) is 10.9 Å². The van der Waals surface area contributed by atoms with Crippen LogP contribution in [0.25, 0.3) is 10.9 Å². The van der Waals surface area contributed by atoms with Crippen LogP contribution in [0.1, 0.15) is 0 Å². The molecule has 0 saturated carbocycles. The predicted molar refractivity (Wildman–Crippen MR) is 55.0 cm³/mol. The lowest BCUT2D eigenvalue weighted by Gasteiger charge is -1.97. The second kappa shape index (κ2) is 3.00. The third kappa shape index (κ3) is 1.86. The standard InChI is InChI=1S/C8H9N3O2S/c9-14(12,13)11-8-5-6-3-1-2-4-7(6)10-8/h1-5,10-11H,(H2,9,12,13). The highest BCUT2D eigenvalue weighted by molar-refractivity contribution is 7.90. The zero-order valence-electron chi connectivity index (χ0n) is 7.19. The van der Waals surface area contributed by atoms with Crippen LogP contribution in [0.4, 0.5) is 5.82 Å². The Morgan fingerprint density at radius 1 is 1.29 bits per heavy atom. The number of hydrogen-bond donors (Lipinski definition) is 3. The number of nitrogens with one attached hydrogen (secondary N) is 2. The van der Waals surface area contributed by atoms with Crippen LogP contribution in [0.15, 0.2) is 30.3 Å². The van der Waals surface area contributed by atoms with Crippen LogP contribution in [0, 0.1) is 0 Å². The quantitative estimate of drug-likeness (QED) is 0.685. The number of para-hydroxylation sites is 1. The lowest BCUT2D eigenvalue weighted by molar-refractivity contribution is 0.603. The minimum atomic E-state index is -3.71. The Balaban J connectivity index is 2.46. The summed E-state index contributed by atoms with van der Waals surface area (Å²) >= 11 is 0. The van der Waals surface area contributed by atoms with Gasteiger partial charge in [0.15, 0.2) is 0 Å². The number of fused-ring (bicyclic) bond motifs is 1.